The van der Waals surface area contributed by atoms with Crippen molar-refractivity contribution in [2.75, 3.05) is 32.8 Å². The molecule has 2 aliphatic rings. The van der Waals surface area contributed by atoms with E-state index >= 15 is 0 Å². The van der Waals surface area contributed by atoms with Crippen molar-refractivity contribution >= 4 is 5.96 Å². The molecule has 154 valence electrons. The van der Waals surface area contributed by atoms with Gasteiger partial charge in [0.05, 0.1) is 13.2 Å². The van der Waals surface area contributed by atoms with Crippen LogP contribution in [0.5, 0.6) is 0 Å². The van der Waals surface area contributed by atoms with Crippen molar-refractivity contribution in [3.8, 4) is 0 Å². The lowest BCUT2D eigenvalue weighted by molar-refractivity contribution is 0.134. The van der Waals surface area contributed by atoms with Gasteiger partial charge in [-0.2, -0.15) is 0 Å². The van der Waals surface area contributed by atoms with E-state index in [1.165, 1.54) is 11.1 Å². The van der Waals surface area contributed by atoms with Crippen LogP contribution in [0, 0.1) is 0 Å². The summed E-state index contributed by atoms with van der Waals surface area (Å²) in [7, 11) is 0. The number of aliphatic imine (C=N–C) groups is 1. The van der Waals surface area contributed by atoms with Crippen molar-refractivity contribution in [1.82, 2.24) is 15.5 Å². The fourth-order valence-corrected chi connectivity index (χ4v) is 4.02. The molecule has 0 aliphatic carbocycles. The molecule has 0 aromatic heterocycles. The van der Waals surface area contributed by atoms with Crippen LogP contribution in [-0.2, 0) is 11.3 Å². The Hall–Kier alpha value is -1.85. The van der Waals surface area contributed by atoms with Crippen LogP contribution in [0.4, 0.5) is 0 Å². The Morgan fingerprint density at radius 3 is 2.86 bits per heavy atom. The van der Waals surface area contributed by atoms with E-state index in [2.05, 4.69) is 65.8 Å². The summed E-state index contributed by atoms with van der Waals surface area (Å²) in [5, 5.41) is 7.09. The van der Waals surface area contributed by atoms with E-state index in [-0.39, 0.29) is 0 Å². The summed E-state index contributed by atoms with van der Waals surface area (Å²) in [6.45, 7) is 9.99. The van der Waals surface area contributed by atoms with Gasteiger partial charge in [-0.05, 0) is 45.1 Å². The van der Waals surface area contributed by atoms with Crippen LogP contribution in [0.25, 0.3) is 0 Å². The van der Waals surface area contributed by atoms with Crippen LogP contribution in [0.2, 0.25) is 0 Å². The lowest BCUT2D eigenvalue weighted by Crippen LogP contribution is -2.51. The first-order valence-electron chi connectivity index (χ1n) is 10.8. The summed E-state index contributed by atoms with van der Waals surface area (Å²) < 4.78 is 5.38. The van der Waals surface area contributed by atoms with Gasteiger partial charge in [-0.1, -0.05) is 42.0 Å². The molecule has 0 radical (unpaired) electrons. The summed E-state index contributed by atoms with van der Waals surface area (Å²) in [5.41, 5.74) is 2.88. The van der Waals surface area contributed by atoms with E-state index in [0.717, 1.165) is 71.0 Å². The van der Waals surface area contributed by atoms with Gasteiger partial charge in [0.1, 0.15) is 0 Å². The molecule has 1 saturated heterocycles. The molecule has 0 saturated carbocycles. The maximum atomic E-state index is 5.38. The number of ether oxygens (including phenoxy) is 1. The number of piperidine rings is 1. The molecule has 1 aromatic rings. The highest BCUT2D eigenvalue weighted by Gasteiger charge is 2.25. The number of rotatable bonds is 7. The highest BCUT2D eigenvalue weighted by molar-refractivity contribution is 5.80. The minimum Gasteiger partial charge on any atom is -0.377 e. The van der Waals surface area contributed by atoms with Crippen molar-refractivity contribution in [1.29, 1.82) is 0 Å². The van der Waals surface area contributed by atoms with Gasteiger partial charge in [-0.25, -0.2) is 0 Å². The molecular formula is C23H36N4O. The van der Waals surface area contributed by atoms with Gasteiger partial charge in [-0.15, -0.1) is 0 Å². The highest BCUT2D eigenvalue weighted by atomic mass is 16.5. The molecular weight excluding hydrogens is 348 g/mol. The molecule has 2 N–H and O–H groups in total. The van der Waals surface area contributed by atoms with Gasteiger partial charge in [0, 0.05) is 38.3 Å². The van der Waals surface area contributed by atoms with Crippen molar-refractivity contribution in [2.24, 2.45) is 4.99 Å². The van der Waals surface area contributed by atoms with Gasteiger partial charge in [0.25, 0.3) is 0 Å². The minimum absolute atomic E-state index is 0.488. The number of likely N-dealkylation sites (tertiary alicyclic amines) is 1. The molecule has 2 heterocycles. The van der Waals surface area contributed by atoms with E-state index in [0.29, 0.717) is 12.1 Å². The Balaban J connectivity index is 1.47. The van der Waals surface area contributed by atoms with Crippen LogP contribution in [0.3, 0.4) is 0 Å². The Labute approximate surface area is 170 Å². The lowest BCUT2D eigenvalue weighted by Gasteiger charge is -2.38. The van der Waals surface area contributed by atoms with E-state index in [4.69, 9.17) is 9.73 Å². The SMILES string of the molecule is CCNC(=NCCC1=CCOCC1)NC1CCN(Cc2ccccc2)C(C)C1. The monoisotopic (exact) mass is 384 g/mol. The molecule has 2 aliphatic heterocycles. The first-order valence-corrected chi connectivity index (χ1v) is 10.8. The number of hydrogen-bond acceptors (Lipinski definition) is 3. The quantitative estimate of drug-likeness (QED) is 0.430. The lowest BCUT2D eigenvalue weighted by atomic mass is 9.97. The van der Waals surface area contributed by atoms with Gasteiger partial charge in [-0.3, -0.25) is 9.89 Å². The Morgan fingerprint density at radius 1 is 1.29 bits per heavy atom. The average Bonchev–Trinajstić information content (AvgIpc) is 2.72. The second-order valence-corrected chi connectivity index (χ2v) is 7.87. The highest BCUT2D eigenvalue weighted by Crippen LogP contribution is 2.20. The number of nitrogens with one attached hydrogen (secondary N) is 2. The molecule has 0 bridgehead atoms. The number of guanidine groups is 1. The Bertz CT molecular complexity index is 643. The van der Waals surface area contributed by atoms with Gasteiger partial charge in [0.15, 0.2) is 5.96 Å². The molecule has 5 heteroatoms. The minimum atomic E-state index is 0.488. The summed E-state index contributed by atoms with van der Waals surface area (Å²) in [4.78, 5) is 7.41. The molecule has 28 heavy (non-hydrogen) atoms. The molecule has 0 spiro atoms. The fourth-order valence-electron chi connectivity index (χ4n) is 4.02. The molecule has 2 atom stereocenters. The van der Waals surface area contributed by atoms with Crippen LogP contribution in [-0.4, -0.2) is 55.8 Å². The third kappa shape index (κ3) is 6.64. The number of hydrogen-bond donors (Lipinski definition) is 2. The van der Waals surface area contributed by atoms with E-state index in [1.807, 2.05) is 0 Å². The zero-order valence-electron chi connectivity index (χ0n) is 17.5. The number of benzene rings is 1. The average molecular weight is 385 g/mol. The summed E-state index contributed by atoms with van der Waals surface area (Å²) in [5.74, 6) is 0.962. The summed E-state index contributed by atoms with van der Waals surface area (Å²) >= 11 is 0. The normalized spacial score (nSPS) is 23.9. The molecule has 5 nitrogen and oxygen atoms in total. The smallest absolute Gasteiger partial charge is 0.191 e. The van der Waals surface area contributed by atoms with E-state index < -0.39 is 0 Å². The van der Waals surface area contributed by atoms with Crippen molar-refractivity contribution in [2.45, 2.75) is 58.2 Å². The fraction of sp³-hybridized carbons (Fsp3) is 0.609. The second-order valence-electron chi connectivity index (χ2n) is 7.87. The molecule has 2 unspecified atom stereocenters. The molecule has 0 amide bonds. The van der Waals surface area contributed by atoms with E-state index in [1.54, 1.807) is 0 Å². The standard InChI is InChI=1S/C23H36N4O/c1-3-24-23(25-13-9-20-11-15-28-16-12-20)26-22-10-14-27(19(2)17-22)18-21-7-5-4-6-8-21/h4-8,11,19,22H,3,9-10,12-18H2,1-2H3,(H2,24,25,26). The zero-order valence-corrected chi connectivity index (χ0v) is 17.5. The Morgan fingerprint density at radius 2 is 2.14 bits per heavy atom. The Kier molecular flexibility index (Phi) is 8.37. The molecule has 3 rings (SSSR count). The van der Waals surface area contributed by atoms with Crippen LogP contribution in [0.15, 0.2) is 47.0 Å². The summed E-state index contributed by atoms with van der Waals surface area (Å²) in [6.07, 6.45) is 6.61. The third-order valence-corrected chi connectivity index (χ3v) is 5.69. The first kappa shape index (κ1) is 20.9. The van der Waals surface area contributed by atoms with Gasteiger partial charge >= 0.3 is 0 Å². The topological polar surface area (TPSA) is 48.9 Å². The van der Waals surface area contributed by atoms with Crippen molar-refractivity contribution in [3.63, 3.8) is 0 Å². The maximum Gasteiger partial charge on any atom is 0.191 e. The van der Waals surface area contributed by atoms with Crippen LogP contribution >= 0.6 is 0 Å². The maximum absolute atomic E-state index is 5.38. The van der Waals surface area contributed by atoms with Crippen LogP contribution < -0.4 is 10.6 Å². The molecule has 1 fully saturated rings. The number of nitrogens with zero attached hydrogens (tertiary/aromatic N) is 2. The predicted octanol–water partition coefficient (Wildman–Crippen LogP) is 3.33. The van der Waals surface area contributed by atoms with Gasteiger partial charge in [0.2, 0.25) is 0 Å². The van der Waals surface area contributed by atoms with Gasteiger partial charge < -0.3 is 15.4 Å². The first-order chi connectivity index (χ1) is 13.7. The predicted molar refractivity (Wildman–Crippen MR) is 117 cm³/mol. The largest absolute Gasteiger partial charge is 0.377 e. The molecule has 1 aromatic carbocycles. The van der Waals surface area contributed by atoms with Crippen molar-refractivity contribution in [3.05, 3.63) is 47.5 Å². The zero-order chi connectivity index (χ0) is 19.6. The third-order valence-electron chi connectivity index (χ3n) is 5.69. The van der Waals surface area contributed by atoms with Crippen LogP contribution in [0.1, 0.15) is 45.1 Å². The summed E-state index contributed by atoms with van der Waals surface area (Å²) in [6, 6.07) is 11.8. The second kappa shape index (κ2) is 11.2. The van der Waals surface area contributed by atoms with Crippen molar-refractivity contribution < 1.29 is 4.74 Å². The van der Waals surface area contributed by atoms with E-state index in [9.17, 15) is 0 Å².